The number of nitrogens with one attached hydrogen (secondary N) is 1. The van der Waals surface area contributed by atoms with Crippen molar-refractivity contribution in [3.05, 3.63) is 59.7 Å². The number of aryl methyl sites for hydroxylation is 1. The van der Waals surface area contributed by atoms with Crippen LogP contribution in [0.4, 0.5) is 11.4 Å². The Kier molecular flexibility index (Phi) is 5.34. The van der Waals surface area contributed by atoms with Gasteiger partial charge in [0.05, 0.1) is 6.54 Å². The minimum atomic E-state index is -0.212. The first-order chi connectivity index (χ1) is 14.0. The van der Waals surface area contributed by atoms with Crippen molar-refractivity contribution >= 4 is 29.1 Å². The molecule has 0 saturated carbocycles. The second-order valence-electron chi connectivity index (χ2n) is 7.78. The lowest BCUT2D eigenvalue weighted by Crippen LogP contribution is -2.34. The number of carbonyl (C=O) groups excluding carboxylic acids is 3. The summed E-state index contributed by atoms with van der Waals surface area (Å²) in [5.74, 6) is 0.0750. The van der Waals surface area contributed by atoms with E-state index in [0.717, 1.165) is 29.8 Å². The first-order valence-electron chi connectivity index (χ1n) is 10.0. The van der Waals surface area contributed by atoms with Crippen molar-refractivity contribution in [2.75, 3.05) is 29.9 Å². The van der Waals surface area contributed by atoms with Gasteiger partial charge in [-0.1, -0.05) is 30.3 Å². The van der Waals surface area contributed by atoms with Gasteiger partial charge in [0.2, 0.25) is 17.7 Å². The zero-order valence-electron chi connectivity index (χ0n) is 16.6. The van der Waals surface area contributed by atoms with Crippen molar-refractivity contribution in [2.45, 2.75) is 32.1 Å². The number of amides is 3. The maximum atomic E-state index is 12.5. The SMILES string of the molecule is Cc1cc(NC(=O)CN2CC(c3ccccc3)CC2=O)ccc1N1CCCC1=O. The van der Waals surface area contributed by atoms with Crippen molar-refractivity contribution in [3.63, 3.8) is 0 Å². The Morgan fingerprint density at radius 3 is 2.59 bits per heavy atom. The maximum Gasteiger partial charge on any atom is 0.243 e. The Morgan fingerprint density at radius 2 is 1.90 bits per heavy atom. The number of anilines is 2. The number of carbonyl (C=O) groups is 3. The summed E-state index contributed by atoms with van der Waals surface area (Å²) in [5, 5.41) is 2.88. The molecule has 0 aliphatic carbocycles. The van der Waals surface area contributed by atoms with Crippen LogP contribution in [0.25, 0.3) is 0 Å². The standard InChI is InChI=1S/C23H25N3O3/c1-16-12-19(9-10-20(16)26-11-5-8-22(26)28)24-21(27)15-25-14-18(13-23(25)29)17-6-3-2-4-7-17/h2-4,6-7,9-10,12,18H,5,8,11,13-15H2,1H3,(H,24,27). The average molecular weight is 391 g/mol. The number of hydrogen-bond donors (Lipinski definition) is 1. The zero-order valence-corrected chi connectivity index (χ0v) is 16.6. The molecular weight excluding hydrogens is 366 g/mol. The van der Waals surface area contributed by atoms with Crippen LogP contribution < -0.4 is 10.2 Å². The van der Waals surface area contributed by atoms with Gasteiger partial charge >= 0.3 is 0 Å². The fourth-order valence-electron chi connectivity index (χ4n) is 4.19. The Bertz CT molecular complexity index is 942. The van der Waals surface area contributed by atoms with Crippen LogP contribution in [0.15, 0.2) is 48.5 Å². The predicted octanol–water partition coefficient (Wildman–Crippen LogP) is 3.08. The molecule has 1 unspecified atom stereocenters. The summed E-state index contributed by atoms with van der Waals surface area (Å²) in [6.07, 6.45) is 1.91. The summed E-state index contributed by atoms with van der Waals surface area (Å²) in [6.45, 7) is 3.29. The lowest BCUT2D eigenvalue weighted by molar-refractivity contribution is -0.131. The van der Waals surface area contributed by atoms with Gasteiger partial charge in [-0.05, 0) is 42.7 Å². The third-order valence-corrected chi connectivity index (χ3v) is 5.66. The van der Waals surface area contributed by atoms with E-state index in [1.807, 2.05) is 55.5 Å². The first kappa shape index (κ1) is 19.2. The third-order valence-electron chi connectivity index (χ3n) is 5.66. The molecule has 2 aromatic rings. The van der Waals surface area contributed by atoms with E-state index in [9.17, 15) is 14.4 Å². The monoisotopic (exact) mass is 391 g/mol. The van der Waals surface area contributed by atoms with Crippen molar-refractivity contribution in [1.29, 1.82) is 0 Å². The highest BCUT2D eigenvalue weighted by molar-refractivity contribution is 5.98. The Morgan fingerprint density at radius 1 is 1.10 bits per heavy atom. The molecule has 150 valence electrons. The van der Waals surface area contributed by atoms with E-state index in [1.54, 1.807) is 9.80 Å². The van der Waals surface area contributed by atoms with Crippen molar-refractivity contribution < 1.29 is 14.4 Å². The predicted molar refractivity (Wildman–Crippen MR) is 112 cm³/mol. The van der Waals surface area contributed by atoms with Gasteiger partial charge in [-0.3, -0.25) is 14.4 Å². The van der Waals surface area contributed by atoms with Crippen LogP contribution in [0.2, 0.25) is 0 Å². The Labute approximate surface area is 170 Å². The van der Waals surface area contributed by atoms with Crippen LogP contribution in [0.1, 0.15) is 36.3 Å². The van der Waals surface area contributed by atoms with E-state index < -0.39 is 0 Å². The molecule has 2 aromatic carbocycles. The molecule has 2 heterocycles. The minimum Gasteiger partial charge on any atom is -0.333 e. The Hall–Kier alpha value is -3.15. The molecule has 29 heavy (non-hydrogen) atoms. The van der Waals surface area contributed by atoms with Crippen LogP contribution in [0.5, 0.6) is 0 Å². The lowest BCUT2D eigenvalue weighted by Gasteiger charge is -2.20. The second kappa shape index (κ2) is 8.07. The molecule has 4 rings (SSSR count). The van der Waals surface area contributed by atoms with E-state index in [1.165, 1.54) is 0 Å². The van der Waals surface area contributed by atoms with Gasteiger partial charge in [0, 0.05) is 43.2 Å². The molecule has 6 heteroatoms. The molecule has 2 saturated heterocycles. The number of benzene rings is 2. The Balaban J connectivity index is 1.37. The van der Waals surface area contributed by atoms with Crippen LogP contribution >= 0.6 is 0 Å². The summed E-state index contributed by atoms with van der Waals surface area (Å²) in [4.78, 5) is 40.2. The molecule has 1 atom stereocenters. The van der Waals surface area contributed by atoms with Gasteiger partial charge in [0.1, 0.15) is 0 Å². The second-order valence-corrected chi connectivity index (χ2v) is 7.78. The van der Waals surface area contributed by atoms with Gasteiger partial charge in [0.25, 0.3) is 0 Å². The number of nitrogens with zero attached hydrogens (tertiary/aromatic N) is 2. The highest BCUT2D eigenvalue weighted by atomic mass is 16.2. The summed E-state index contributed by atoms with van der Waals surface area (Å²) in [7, 11) is 0. The molecule has 0 bridgehead atoms. The fraction of sp³-hybridized carbons (Fsp3) is 0.348. The molecular formula is C23H25N3O3. The summed E-state index contributed by atoms with van der Waals surface area (Å²) >= 11 is 0. The molecule has 2 fully saturated rings. The van der Waals surface area contributed by atoms with Crippen molar-refractivity contribution in [2.24, 2.45) is 0 Å². The quantitative estimate of drug-likeness (QED) is 0.852. The highest BCUT2D eigenvalue weighted by Gasteiger charge is 2.31. The normalized spacial score (nSPS) is 19.1. The van der Waals surface area contributed by atoms with Crippen LogP contribution in [0.3, 0.4) is 0 Å². The third kappa shape index (κ3) is 4.16. The molecule has 0 radical (unpaired) electrons. The molecule has 0 spiro atoms. The fourth-order valence-corrected chi connectivity index (χ4v) is 4.19. The molecule has 2 aliphatic heterocycles. The summed E-state index contributed by atoms with van der Waals surface area (Å²) in [5.41, 5.74) is 3.64. The smallest absolute Gasteiger partial charge is 0.243 e. The van der Waals surface area contributed by atoms with Crippen LogP contribution in [0, 0.1) is 6.92 Å². The summed E-state index contributed by atoms with van der Waals surface area (Å²) in [6, 6.07) is 15.5. The largest absolute Gasteiger partial charge is 0.333 e. The van der Waals surface area contributed by atoms with Gasteiger partial charge in [-0.2, -0.15) is 0 Å². The molecule has 1 N–H and O–H groups in total. The summed E-state index contributed by atoms with van der Waals surface area (Å²) < 4.78 is 0. The van der Waals surface area contributed by atoms with E-state index in [4.69, 9.17) is 0 Å². The van der Waals surface area contributed by atoms with E-state index in [2.05, 4.69) is 5.32 Å². The van der Waals surface area contributed by atoms with Crippen LogP contribution in [-0.4, -0.2) is 42.3 Å². The van der Waals surface area contributed by atoms with E-state index in [0.29, 0.717) is 25.1 Å². The number of likely N-dealkylation sites (tertiary alicyclic amines) is 1. The minimum absolute atomic E-state index is 0.00748. The lowest BCUT2D eigenvalue weighted by atomic mass is 9.99. The topological polar surface area (TPSA) is 69.7 Å². The molecule has 6 nitrogen and oxygen atoms in total. The molecule has 0 aromatic heterocycles. The van der Waals surface area contributed by atoms with Gasteiger partial charge in [-0.15, -0.1) is 0 Å². The van der Waals surface area contributed by atoms with Crippen LogP contribution in [-0.2, 0) is 14.4 Å². The highest BCUT2D eigenvalue weighted by Crippen LogP contribution is 2.29. The van der Waals surface area contributed by atoms with Gasteiger partial charge in [0.15, 0.2) is 0 Å². The van der Waals surface area contributed by atoms with E-state index in [-0.39, 0.29) is 30.2 Å². The molecule has 2 aliphatic rings. The zero-order chi connectivity index (χ0) is 20.4. The molecule has 3 amide bonds. The number of hydrogen-bond acceptors (Lipinski definition) is 3. The first-order valence-corrected chi connectivity index (χ1v) is 10.0. The van der Waals surface area contributed by atoms with Crippen molar-refractivity contribution in [1.82, 2.24) is 4.90 Å². The van der Waals surface area contributed by atoms with E-state index >= 15 is 0 Å². The van der Waals surface area contributed by atoms with Crippen molar-refractivity contribution in [3.8, 4) is 0 Å². The van der Waals surface area contributed by atoms with Gasteiger partial charge < -0.3 is 15.1 Å². The van der Waals surface area contributed by atoms with Gasteiger partial charge in [-0.25, -0.2) is 0 Å². The average Bonchev–Trinajstić information content (AvgIpc) is 3.28. The maximum absolute atomic E-state index is 12.5. The number of rotatable bonds is 5.